The Labute approximate surface area is 152 Å². The number of carbonyl (C=O) groups excluding carboxylic acids is 1. The van der Waals surface area contributed by atoms with E-state index in [1.165, 1.54) is 17.8 Å². The van der Waals surface area contributed by atoms with Crippen LogP contribution >= 0.6 is 24.2 Å². The second kappa shape index (κ2) is 9.06. The summed E-state index contributed by atoms with van der Waals surface area (Å²) in [6.45, 7) is 3.00. The monoisotopic (exact) mass is 366 g/mol. The van der Waals surface area contributed by atoms with E-state index < -0.39 is 5.25 Å². The van der Waals surface area contributed by atoms with Gasteiger partial charge in [-0.25, -0.2) is 4.39 Å². The zero-order valence-electron chi connectivity index (χ0n) is 13.2. The molecule has 128 valence electrons. The van der Waals surface area contributed by atoms with Crippen molar-refractivity contribution in [1.82, 2.24) is 10.2 Å². The fraction of sp³-hybridized carbons (Fsp3) is 0.278. The highest BCUT2D eigenvalue weighted by Crippen LogP contribution is 2.37. The molecule has 1 fully saturated rings. The Balaban J connectivity index is 0.00000208. The molecule has 24 heavy (non-hydrogen) atoms. The van der Waals surface area contributed by atoms with E-state index in [4.69, 9.17) is 0 Å². The number of rotatable bonds is 4. The Bertz CT molecular complexity index is 665. The Morgan fingerprint density at radius 3 is 2.33 bits per heavy atom. The SMILES string of the molecule is Cl.O=C(C(Sc1ccccc1F)c1ccccc1)N1CCNCC1. The largest absolute Gasteiger partial charge is 0.339 e. The average molecular weight is 367 g/mol. The van der Waals surface area contributed by atoms with Gasteiger partial charge < -0.3 is 10.2 Å². The molecule has 1 atom stereocenters. The maximum absolute atomic E-state index is 14.0. The van der Waals surface area contributed by atoms with Crippen LogP contribution in [0.4, 0.5) is 4.39 Å². The smallest absolute Gasteiger partial charge is 0.240 e. The molecule has 0 aromatic heterocycles. The van der Waals surface area contributed by atoms with Crippen molar-refractivity contribution in [2.75, 3.05) is 26.2 Å². The first-order chi connectivity index (χ1) is 11.3. The molecule has 1 aliphatic heterocycles. The third-order valence-electron chi connectivity index (χ3n) is 3.84. The third-order valence-corrected chi connectivity index (χ3v) is 5.13. The van der Waals surface area contributed by atoms with Gasteiger partial charge in [0.15, 0.2) is 0 Å². The lowest BCUT2D eigenvalue weighted by Gasteiger charge is -2.31. The number of amides is 1. The summed E-state index contributed by atoms with van der Waals surface area (Å²) in [6.07, 6.45) is 0. The van der Waals surface area contributed by atoms with Gasteiger partial charge in [0.05, 0.1) is 0 Å². The van der Waals surface area contributed by atoms with Gasteiger partial charge in [-0.1, -0.05) is 42.5 Å². The highest BCUT2D eigenvalue weighted by Gasteiger charge is 2.28. The fourth-order valence-corrected chi connectivity index (χ4v) is 3.74. The maximum Gasteiger partial charge on any atom is 0.240 e. The van der Waals surface area contributed by atoms with Crippen molar-refractivity contribution in [1.29, 1.82) is 0 Å². The number of hydrogen-bond donors (Lipinski definition) is 1. The molecule has 3 rings (SSSR count). The van der Waals surface area contributed by atoms with Crippen LogP contribution < -0.4 is 5.32 Å². The van der Waals surface area contributed by atoms with E-state index in [0.29, 0.717) is 18.0 Å². The van der Waals surface area contributed by atoms with Crippen molar-refractivity contribution in [3.63, 3.8) is 0 Å². The minimum absolute atomic E-state index is 0. The number of carbonyl (C=O) groups is 1. The van der Waals surface area contributed by atoms with E-state index in [0.717, 1.165) is 18.7 Å². The molecule has 0 radical (unpaired) electrons. The third kappa shape index (κ3) is 4.50. The summed E-state index contributed by atoms with van der Waals surface area (Å²) in [6, 6.07) is 16.2. The summed E-state index contributed by atoms with van der Waals surface area (Å²) in [5.41, 5.74) is 0.907. The summed E-state index contributed by atoms with van der Waals surface area (Å²) < 4.78 is 14.0. The molecule has 1 amide bonds. The Kier molecular flexibility index (Phi) is 7.09. The Hall–Kier alpha value is -1.56. The molecule has 1 unspecified atom stereocenters. The summed E-state index contributed by atoms with van der Waals surface area (Å²) in [5, 5.41) is 2.82. The van der Waals surface area contributed by atoms with Gasteiger partial charge in [-0.2, -0.15) is 0 Å². The van der Waals surface area contributed by atoms with E-state index in [9.17, 15) is 9.18 Å². The van der Waals surface area contributed by atoms with Gasteiger partial charge in [0.1, 0.15) is 11.1 Å². The molecule has 1 aliphatic rings. The van der Waals surface area contributed by atoms with E-state index in [-0.39, 0.29) is 24.1 Å². The molecular weight excluding hydrogens is 347 g/mol. The first kappa shape index (κ1) is 18.8. The number of benzene rings is 2. The molecule has 0 bridgehead atoms. The number of hydrogen-bond acceptors (Lipinski definition) is 3. The van der Waals surface area contributed by atoms with Crippen LogP contribution in [0.5, 0.6) is 0 Å². The first-order valence-electron chi connectivity index (χ1n) is 7.71. The summed E-state index contributed by atoms with van der Waals surface area (Å²) in [7, 11) is 0. The van der Waals surface area contributed by atoms with Gasteiger partial charge in [-0.3, -0.25) is 4.79 Å². The first-order valence-corrected chi connectivity index (χ1v) is 8.59. The van der Waals surface area contributed by atoms with Crippen LogP contribution in [-0.2, 0) is 4.79 Å². The van der Waals surface area contributed by atoms with Crippen LogP contribution in [0.15, 0.2) is 59.5 Å². The van der Waals surface area contributed by atoms with Gasteiger partial charge in [-0.05, 0) is 17.7 Å². The van der Waals surface area contributed by atoms with Gasteiger partial charge in [-0.15, -0.1) is 24.2 Å². The topological polar surface area (TPSA) is 32.3 Å². The highest BCUT2D eigenvalue weighted by atomic mass is 35.5. The van der Waals surface area contributed by atoms with E-state index >= 15 is 0 Å². The molecular formula is C18H20ClFN2OS. The molecule has 3 nitrogen and oxygen atoms in total. The molecule has 6 heteroatoms. The van der Waals surface area contributed by atoms with Crippen LogP contribution in [0.25, 0.3) is 0 Å². The van der Waals surface area contributed by atoms with Crippen LogP contribution in [0.1, 0.15) is 10.8 Å². The standard InChI is InChI=1S/C18H19FN2OS.ClH/c19-15-8-4-5-9-16(15)23-17(14-6-2-1-3-7-14)18(22)21-12-10-20-11-13-21;/h1-9,17,20H,10-13H2;1H. The number of nitrogens with zero attached hydrogens (tertiary/aromatic N) is 1. The van der Waals surface area contributed by atoms with Gasteiger partial charge in [0, 0.05) is 31.1 Å². The van der Waals surface area contributed by atoms with Crippen molar-refractivity contribution >= 4 is 30.1 Å². The molecule has 2 aromatic rings. The Morgan fingerprint density at radius 1 is 1.04 bits per heavy atom. The summed E-state index contributed by atoms with van der Waals surface area (Å²) in [5.74, 6) is -0.238. The lowest BCUT2D eigenvalue weighted by molar-refractivity contribution is -0.131. The average Bonchev–Trinajstić information content (AvgIpc) is 2.62. The zero-order valence-corrected chi connectivity index (χ0v) is 14.8. The van der Waals surface area contributed by atoms with Crippen molar-refractivity contribution in [2.24, 2.45) is 0 Å². The lowest BCUT2D eigenvalue weighted by atomic mass is 10.1. The molecule has 0 saturated carbocycles. The van der Waals surface area contributed by atoms with Crippen LogP contribution in [0.2, 0.25) is 0 Å². The van der Waals surface area contributed by atoms with E-state index in [2.05, 4.69) is 5.32 Å². The van der Waals surface area contributed by atoms with Gasteiger partial charge >= 0.3 is 0 Å². The maximum atomic E-state index is 14.0. The zero-order chi connectivity index (χ0) is 16.1. The van der Waals surface area contributed by atoms with Crippen molar-refractivity contribution in [3.8, 4) is 0 Å². The number of nitrogens with one attached hydrogen (secondary N) is 1. The number of halogens is 2. The van der Waals surface area contributed by atoms with E-state index in [1.807, 2.05) is 35.2 Å². The summed E-state index contributed by atoms with van der Waals surface area (Å²) >= 11 is 1.28. The highest BCUT2D eigenvalue weighted by molar-refractivity contribution is 8.00. The van der Waals surface area contributed by atoms with Crippen LogP contribution in [-0.4, -0.2) is 37.0 Å². The molecule has 1 heterocycles. The normalized spacial score (nSPS) is 15.5. The molecule has 0 spiro atoms. The van der Waals surface area contributed by atoms with Crippen molar-refractivity contribution in [2.45, 2.75) is 10.1 Å². The second-order valence-corrected chi connectivity index (χ2v) is 6.56. The minimum Gasteiger partial charge on any atom is -0.339 e. The van der Waals surface area contributed by atoms with Gasteiger partial charge in [0.25, 0.3) is 0 Å². The minimum atomic E-state index is -0.425. The number of piperazine rings is 1. The van der Waals surface area contributed by atoms with Crippen LogP contribution in [0.3, 0.4) is 0 Å². The van der Waals surface area contributed by atoms with E-state index in [1.54, 1.807) is 18.2 Å². The molecule has 1 saturated heterocycles. The van der Waals surface area contributed by atoms with Crippen molar-refractivity contribution in [3.05, 3.63) is 66.0 Å². The number of thioether (sulfide) groups is 1. The van der Waals surface area contributed by atoms with Crippen molar-refractivity contribution < 1.29 is 9.18 Å². The second-order valence-electron chi connectivity index (χ2n) is 5.41. The molecule has 0 aliphatic carbocycles. The predicted octanol–water partition coefficient (Wildman–Crippen LogP) is 3.51. The summed E-state index contributed by atoms with van der Waals surface area (Å²) in [4.78, 5) is 15.3. The molecule has 1 N–H and O–H groups in total. The molecule has 2 aromatic carbocycles. The Morgan fingerprint density at radius 2 is 1.67 bits per heavy atom. The van der Waals surface area contributed by atoms with Crippen LogP contribution in [0, 0.1) is 5.82 Å². The quantitative estimate of drug-likeness (QED) is 0.840. The lowest BCUT2D eigenvalue weighted by Crippen LogP contribution is -2.47. The predicted molar refractivity (Wildman–Crippen MR) is 98.1 cm³/mol. The van der Waals surface area contributed by atoms with Gasteiger partial charge in [0.2, 0.25) is 5.91 Å². The fourth-order valence-electron chi connectivity index (χ4n) is 2.61.